The van der Waals surface area contributed by atoms with Gasteiger partial charge in [-0.05, 0) is 83.1 Å². The summed E-state index contributed by atoms with van der Waals surface area (Å²) in [7, 11) is 0. The Bertz CT molecular complexity index is 2760. The van der Waals surface area contributed by atoms with Gasteiger partial charge in [0.05, 0.1) is 17.7 Å². The Balaban J connectivity index is 1.16. The van der Waals surface area contributed by atoms with Crippen molar-refractivity contribution in [3.8, 4) is 29.4 Å². The summed E-state index contributed by atoms with van der Waals surface area (Å²) in [6.07, 6.45) is 7.09. The molecule has 0 saturated heterocycles. The number of tetrazole rings is 1. The molecule has 0 aliphatic heterocycles. The van der Waals surface area contributed by atoms with Gasteiger partial charge in [0.1, 0.15) is 17.0 Å². The molecule has 0 spiro atoms. The van der Waals surface area contributed by atoms with Crippen LogP contribution < -0.4 is 0 Å². The number of para-hydroxylation sites is 1. The number of benzene rings is 5. The fourth-order valence-electron chi connectivity index (χ4n) is 7.81. The Morgan fingerprint density at radius 3 is 1.98 bits per heavy atom. The number of pyridine rings is 1. The van der Waals surface area contributed by atoms with Crippen molar-refractivity contribution in [3.05, 3.63) is 185 Å². The van der Waals surface area contributed by atoms with Gasteiger partial charge in [-0.15, -0.1) is 21.4 Å². The molecule has 0 fully saturated rings. The molecule has 0 aliphatic rings. The third-order valence-electron chi connectivity index (χ3n) is 10.3. The third-order valence-corrected chi connectivity index (χ3v) is 10.3. The standard InChI is InChI=1S/C46H37N9/c1-5-40-38-29-33(30-53-42(6-2)48-43-31(3)28-32(4)47-45(43)53)26-27-39(38)50-54(40)41-25-17-16-24-37(41)44-49-52-55(51-44)46(34-18-10-7-11-19-34,35-20-12-8-13-21-35)36-22-14-9-15-23-36/h1,7-29H,6,30H2,2-4H3. The van der Waals surface area contributed by atoms with Crippen LogP contribution >= 0.6 is 0 Å². The number of imidazole rings is 1. The second-order valence-corrected chi connectivity index (χ2v) is 13.7. The monoisotopic (exact) mass is 715 g/mol. The normalized spacial score (nSPS) is 11.7. The van der Waals surface area contributed by atoms with Gasteiger partial charge in [0.15, 0.2) is 11.2 Å². The second-order valence-electron chi connectivity index (χ2n) is 13.7. The molecule has 5 aromatic carbocycles. The van der Waals surface area contributed by atoms with E-state index < -0.39 is 5.54 Å². The average Bonchev–Trinajstić information content (AvgIpc) is 3.96. The van der Waals surface area contributed by atoms with Crippen molar-refractivity contribution >= 4 is 22.1 Å². The molecular weight excluding hydrogens is 679 g/mol. The molecule has 0 N–H and O–H groups in total. The molecular formula is C46H37N9. The van der Waals surface area contributed by atoms with Crippen molar-refractivity contribution in [1.82, 2.24) is 44.5 Å². The number of fused-ring (bicyclic) bond motifs is 2. The summed E-state index contributed by atoms with van der Waals surface area (Å²) >= 11 is 0. The quantitative estimate of drug-likeness (QED) is 0.110. The Kier molecular flexibility index (Phi) is 8.36. The van der Waals surface area contributed by atoms with E-state index in [1.54, 1.807) is 4.80 Å². The molecule has 0 atom stereocenters. The van der Waals surface area contributed by atoms with Crippen molar-refractivity contribution in [2.24, 2.45) is 0 Å². The van der Waals surface area contributed by atoms with Crippen LogP contribution in [0.25, 0.3) is 39.1 Å². The summed E-state index contributed by atoms with van der Waals surface area (Å²) in [5.74, 6) is 4.39. The molecule has 0 saturated carbocycles. The zero-order chi connectivity index (χ0) is 37.5. The number of hydrogen-bond donors (Lipinski definition) is 0. The third kappa shape index (κ3) is 5.58. The van der Waals surface area contributed by atoms with Crippen LogP contribution in [0.15, 0.2) is 140 Å². The van der Waals surface area contributed by atoms with Gasteiger partial charge >= 0.3 is 0 Å². The van der Waals surface area contributed by atoms with Crippen molar-refractivity contribution in [3.63, 3.8) is 0 Å². The molecule has 4 heterocycles. The van der Waals surface area contributed by atoms with Gasteiger partial charge in [-0.3, -0.25) is 0 Å². The second kappa shape index (κ2) is 13.7. The van der Waals surface area contributed by atoms with E-state index in [0.717, 1.165) is 79.1 Å². The molecule has 0 amide bonds. The summed E-state index contributed by atoms with van der Waals surface area (Å²) in [4.78, 5) is 11.6. The maximum Gasteiger partial charge on any atom is 0.207 e. The van der Waals surface area contributed by atoms with E-state index in [9.17, 15) is 0 Å². The molecule has 0 radical (unpaired) electrons. The minimum atomic E-state index is -0.907. The van der Waals surface area contributed by atoms with Gasteiger partial charge < -0.3 is 4.57 Å². The van der Waals surface area contributed by atoms with Crippen molar-refractivity contribution < 1.29 is 0 Å². The van der Waals surface area contributed by atoms with Crippen LogP contribution in [0.5, 0.6) is 0 Å². The van der Waals surface area contributed by atoms with Gasteiger partial charge in [-0.1, -0.05) is 116 Å². The number of terminal acetylenes is 1. The van der Waals surface area contributed by atoms with Crippen LogP contribution in [0.2, 0.25) is 0 Å². The smallest absolute Gasteiger partial charge is 0.207 e. The Hall–Kier alpha value is -7.18. The van der Waals surface area contributed by atoms with E-state index in [2.05, 4.69) is 78.9 Å². The number of aromatic nitrogens is 9. The largest absolute Gasteiger partial charge is 0.308 e. The highest BCUT2D eigenvalue weighted by Crippen LogP contribution is 2.40. The van der Waals surface area contributed by atoms with Crippen LogP contribution in [0.1, 0.15) is 52.0 Å². The van der Waals surface area contributed by atoms with E-state index in [4.69, 9.17) is 36.9 Å². The maximum absolute atomic E-state index is 6.30. The minimum absolute atomic E-state index is 0.447. The number of rotatable bonds is 9. The fraction of sp³-hybridized carbons (Fsp3) is 0.130. The first-order valence-electron chi connectivity index (χ1n) is 18.4. The summed E-state index contributed by atoms with van der Waals surface area (Å²) in [5.41, 5.74) is 10.0. The zero-order valence-electron chi connectivity index (χ0n) is 30.8. The van der Waals surface area contributed by atoms with Crippen LogP contribution in [0, 0.1) is 26.2 Å². The highest BCUT2D eigenvalue weighted by Gasteiger charge is 2.41. The highest BCUT2D eigenvalue weighted by molar-refractivity contribution is 5.86. The molecule has 0 bridgehead atoms. The average molecular weight is 716 g/mol. The summed E-state index contributed by atoms with van der Waals surface area (Å²) in [6.45, 7) is 6.85. The van der Waals surface area contributed by atoms with E-state index in [-0.39, 0.29) is 0 Å². The predicted octanol–water partition coefficient (Wildman–Crippen LogP) is 8.47. The zero-order valence-corrected chi connectivity index (χ0v) is 30.8. The SMILES string of the molecule is C#Cc1c2cc(Cn3c(CC)nc4c(C)cc(C)nc43)ccc2nn1-c1ccccc1-c1nnn(C(c2ccccc2)(c2ccccc2)c2ccccc2)n1. The summed E-state index contributed by atoms with van der Waals surface area (Å²) < 4.78 is 4.03. The lowest BCUT2D eigenvalue weighted by Gasteiger charge is -2.34. The Morgan fingerprint density at radius 2 is 1.35 bits per heavy atom. The van der Waals surface area contributed by atoms with Gasteiger partial charge in [0.2, 0.25) is 5.82 Å². The van der Waals surface area contributed by atoms with Gasteiger partial charge in [0.25, 0.3) is 0 Å². The molecule has 9 rings (SSSR count). The van der Waals surface area contributed by atoms with Gasteiger partial charge in [0, 0.05) is 23.1 Å². The van der Waals surface area contributed by atoms with Crippen LogP contribution in [0.4, 0.5) is 0 Å². The molecule has 55 heavy (non-hydrogen) atoms. The molecule has 0 aliphatic carbocycles. The topological polar surface area (TPSA) is 92.1 Å². The van der Waals surface area contributed by atoms with E-state index >= 15 is 0 Å². The molecule has 9 nitrogen and oxygen atoms in total. The van der Waals surface area contributed by atoms with Crippen molar-refractivity contribution in [2.75, 3.05) is 0 Å². The van der Waals surface area contributed by atoms with Gasteiger partial charge in [-0.2, -0.15) is 5.10 Å². The van der Waals surface area contributed by atoms with Crippen molar-refractivity contribution in [2.45, 2.75) is 39.3 Å². The lowest BCUT2D eigenvalue weighted by Crippen LogP contribution is -2.39. The molecule has 4 aromatic heterocycles. The number of hydrogen-bond acceptors (Lipinski definition) is 6. The highest BCUT2D eigenvalue weighted by atomic mass is 15.6. The molecule has 0 unspecified atom stereocenters. The Labute approximate surface area is 319 Å². The van der Waals surface area contributed by atoms with Crippen molar-refractivity contribution in [1.29, 1.82) is 0 Å². The summed E-state index contributed by atoms with van der Waals surface area (Å²) in [5, 5.41) is 20.6. The first-order valence-corrected chi connectivity index (χ1v) is 18.4. The van der Waals surface area contributed by atoms with Gasteiger partial charge in [-0.25, -0.2) is 14.6 Å². The van der Waals surface area contributed by atoms with Crippen LogP contribution in [0.3, 0.4) is 0 Å². The molecule has 266 valence electrons. The number of nitrogens with zero attached hydrogens (tertiary/aromatic N) is 9. The van der Waals surface area contributed by atoms with Crippen LogP contribution in [-0.4, -0.2) is 44.5 Å². The fourth-order valence-corrected chi connectivity index (χ4v) is 7.81. The number of aryl methyl sites for hydroxylation is 3. The van der Waals surface area contributed by atoms with Crippen LogP contribution in [-0.2, 0) is 18.5 Å². The first-order chi connectivity index (χ1) is 27.0. The first kappa shape index (κ1) is 33.6. The Morgan fingerprint density at radius 1 is 0.709 bits per heavy atom. The minimum Gasteiger partial charge on any atom is -0.308 e. The van der Waals surface area contributed by atoms with E-state index in [0.29, 0.717) is 18.1 Å². The van der Waals surface area contributed by atoms with E-state index in [1.165, 1.54) is 0 Å². The lowest BCUT2D eigenvalue weighted by molar-refractivity contribution is 0.396. The maximum atomic E-state index is 6.30. The molecule has 9 aromatic rings. The molecule has 9 heteroatoms. The lowest BCUT2D eigenvalue weighted by atomic mass is 9.77. The summed E-state index contributed by atoms with van der Waals surface area (Å²) in [6, 6.07) is 47.2. The van der Waals surface area contributed by atoms with E-state index in [1.807, 2.05) is 96.5 Å². The predicted molar refractivity (Wildman–Crippen MR) is 216 cm³/mol.